The third kappa shape index (κ3) is 7.56. The van der Waals surface area contributed by atoms with Gasteiger partial charge in [-0.3, -0.25) is 0 Å². The van der Waals surface area contributed by atoms with Crippen LogP contribution in [0.5, 0.6) is 0 Å². The molecule has 160 valence electrons. The van der Waals surface area contributed by atoms with Crippen molar-refractivity contribution in [1.29, 1.82) is 0 Å². The molecule has 1 aromatic carbocycles. The summed E-state index contributed by atoms with van der Waals surface area (Å²) in [7, 11) is 1.96. The van der Waals surface area contributed by atoms with Gasteiger partial charge in [-0.2, -0.15) is 0 Å². The van der Waals surface area contributed by atoms with Crippen molar-refractivity contribution in [2.24, 2.45) is 12.0 Å². The summed E-state index contributed by atoms with van der Waals surface area (Å²) in [6.45, 7) is 7.23. The van der Waals surface area contributed by atoms with Crippen molar-refractivity contribution in [2.45, 2.75) is 45.5 Å². The minimum atomic E-state index is 0. The van der Waals surface area contributed by atoms with Crippen LogP contribution in [0.25, 0.3) is 0 Å². The number of aromatic nitrogens is 3. The number of rotatable bonds is 8. The highest BCUT2D eigenvalue weighted by Gasteiger charge is 2.17. The number of hydrogen-bond acceptors (Lipinski definition) is 5. The van der Waals surface area contributed by atoms with Crippen LogP contribution < -0.4 is 10.6 Å². The second-order valence-electron chi connectivity index (χ2n) is 7.09. The van der Waals surface area contributed by atoms with Crippen molar-refractivity contribution >= 4 is 29.9 Å². The topological polar surface area (TPSA) is 85.6 Å². The normalized spacial score (nSPS) is 17.6. The van der Waals surface area contributed by atoms with E-state index in [1.165, 1.54) is 0 Å². The van der Waals surface area contributed by atoms with Gasteiger partial charge in [0, 0.05) is 19.7 Å². The Hall–Kier alpha value is -1.72. The number of hydrogen-bond donors (Lipinski definition) is 2. The van der Waals surface area contributed by atoms with E-state index in [2.05, 4.69) is 39.9 Å². The third-order valence-electron chi connectivity index (χ3n) is 4.71. The van der Waals surface area contributed by atoms with Crippen LogP contribution >= 0.6 is 24.0 Å². The van der Waals surface area contributed by atoms with E-state index in [1.54, 1.807) is 0 Å². The maximum absolute atomic E-state index is 5.92. The molecule has 0 spiro atoms. The Kier molecular flexibility index (Phi) is 9.82. The molecule has 1 aromatic heterocycles. The molecule has 2 atom stereocenters. The predicted octanol–water partition coefficient (Wildman–Crippen LogP) is 2.17. The van der Waals surface area contributed by atoms with Gasteiger partial charge in [-0.15, -0.1) is 34.2 Å². The number of benzene rings is 1. The van der Waals surface area contributed by atoms with E-state index in [0.717, 1.165) is 36.2 Å². The number of aliphatic imine (C=N–C) groups is 1. The molecular weight excluding hydrogens is 483 g/mol. The smallest absolute Gasteiger partial charge is 0.192 e. The molecule has 1 aliphatic heterocycles. The summed E-state index contributed by atoms with van der Waals surface area (Å²) < 4.78 is 13.2. The first-order valence-corrected chi connectivity index (χ1v) is 9.75. The molecule has 0 saturated carbocycles. The molecule has 0 radical (unpaired) electrons. The first-order chi connectivity index (χ1) is 13.6. The summed E-state index contributed by atoms with van der Waals surface area (Å²) in [6.07, 6.45) is 1.16. The van der Waals surface area contributed by atoms with E-state index >= 15 is 0 Å². The Balaban J connectivity index is 0.00000300. The lowest BCUT2D eigenvalue weighted by atomic mass is 10.2. The molecule has 0 aliphatic carbocycles. The molecular formula is C20H31IN6O2. The zero-order valence-electron chi connectivity index (χ0n) is 17.3. The number of nitrogens with one attached hydrogen (secondary N) is 2. The molecule has 2 heterocycles. The molecule has 9 heteroatoms. The van der Waals surface area contributed by atoms with Gasteiger partial charge >= 0.3 is 0 Å². The summed E-state index contributed by atoms with van der Waals surface area (Å²) in [6, 6.07) is 10.3. The fourth-order valence-corrected chi connectivity index (χ4v) is 2.87. The molecule has 2 unspecified atom stereocenters. The maximum Gasteiger partial charge on any atom is 0.192 e. The molecule has 1 saturated heterocycles. The highest BCUT2D eigenvalue weighted by atomic mass is 127. The molecule has 0 bridgehead atoms. The zero-order valence-corrected chi connectivity index (χ0v) is 19.6. The van der Waals surface area contributed by atoms with Crippen LogP contribution in [-0.2, 0) is 29.6 Å². The summed E-state index contributed by atoms with van der Waals surface area (Å²) >= 11 is 0. The summed E-state index contributed by atoms with van der Waals surface area (Å²) in [5.41, 5.74) is 1.16. The summed E-state index contributed by atoms with van der Waals surface area (Å²) in [5, 5.41) is 15.1. The van der Waals surface area contributed by atoms with Crippen LogP contribution in [0.3, 0.4) is 0 Å². The van der Waals surface area contributed by atoms with Crippen molar-refractivity contribution in [1.82, 2.24) is 25.4 Å². The van der Waals surface area contributed by atoms with Crippen LogP contribution in [0.2, 0.25) is 0 Å². The van der Waals surface area contributed by atoms with Crippen LogP contribution in [-0.4, -0.2) is 52.7 Å². The van der Waals surface area contributed by atoms with E-state index in [-0.39, 0.29) is 36.1 Å². The Labute approximate surface area is 189 Å². The van der Waals surface area contributed by atoms with Crippen LogP contribution in [0.1, 0.15) is 30.6 Å². The maximum atomic E-state index is 5.92. The summed E-state index contributed by atoms with van der Waals surface area (Å²) in [5.74, 6) is 2.47. The minimum Gasteiger partial charge on any atom is -0.379 e. The lowest BCUT2D eigenvalue weighted by Crippen LogP contribution is -2.44. The van der Waals surface area contributed by atoms with Crippen molar-refractivity contribution in [3.63, 3.8) is 0 Å². The Morgan fingerprint density at radius 2 is 2.14 bits per heavy atom. The molecule has 2 aromatic rings. The van der Waals surface area contributed by atoms with Crippen LogP contribution in [0.15, 0.2) is 35.3 Å². The minimum absolute atomic E-state index is 0. The number of aryl methyl sites for hydroxylation is 1. The quantitative estimate of drug-likeness (QED) is 0.319. The SMILES string of the molecule is Cc1nnc(CNC(=NCc2ccccc2)NC(C)COC2CCOC2)n1C.I. The van der Waals surface area contributed by atoms with Gasteiger partial charge in [0.15, 0.2) is 11.8 Å². The highest BCUT2D eigenvalue weighted by molar-refractivity contribution is 14.0. The number of guanidine groups is 1. The van der Waals surface area contributed by atoms with Crippen LogP contribution in [0, 0.1) is 6.92 Å². The third-order valence-corrected chi connectivity index (χ3v) is 4.71. The summed E-state index contributed by atoms with van der Waals surface area (Å²) in [4.78, 5) is 4.72. The van der Waals surface area contributed by atoms with Gasteiger partial charge in [-0.25, -0.2) is 4.99 Å². The van der Waals surface area contributed by atoms with Gasteiger partial charge in [0.05, 0.1) is 32.4 Å². The van der Waals surface area contributed by atoms with Gasteiger partial charge in [0.2, 0.25) is 0 Å². The van der Waals surface area contributed by atoms with Crippen molar-refractivity contribution in [2.75, 3.05) is 19.8 Å². The van der Waals surface area contributed by atoms with Gasteiger partial charge in [-0.1, -0.05) is 30.3 Å². The highest BCUT2D eigenvalue weighted by Crippen LogP contribution is 2.08. The fourth-order valence-electron chi connectivity index (χ4n) is 2.87. The second-order valence-corrected chi connectivity index (χ2v) is 7.09. The van der Waals surface area contributed by atoms with Gasteiger partial charge in [-0.05, 0) is 25.8 Å². The average Bonchev–Trinajstić information content (AvgIpc) is 3.34. The molecule has 2 N–H and O–H groups in total. The average molecular weight is 514 g/mol. The molecule has 0 amide bonds. The predicted molar refractivity (Wildman–Crippen MR) is 123 cm³/mol. The van der Waals surface area contributed by atoms with E-state index in [9.17, 15) is 0 Å². The van der Waals surface area contributed by atoms with E-state index in [4.69, 9.17) is 14.5 Å². The first-order valence-electron chi connectivity index (χ1n) is 9.75. The van der Waals surface area contributed by atoms with Crippen molar-refractivity contribution in [3.05, 3.63) is 47.5 Å². The van der Waals surface area contributed by atoms with Gasteiger partial charge in [0.1, 0.15) is 5.82 Å². The van der Waals surface area contributed by atoms with Gasteiger partial charge < -0.3 is 24.7 Å². The van der Waals surface area contributed by atoms with Gasteiger partial charge in [0.25, 0.3) is 0 Å². The molecule has 29 heavy (non-hydrogen) atoms. The monoisotopic (exact) mass is 514 g/mol. The number of halogens is 1. The van der Waals surface area contributed by atoms with E-state index in [0.29, 0.717) is 26.3 Å². The number of nitrogens with zero attached hydrogens (tertiary/aromatic N) is 4. The van der Waals surface area contributed by atoms with Crippen LogP contribution in [0.4, 0.5) is 0 Å². The lowest BCUT2D eigenvalue weighted by Gasteiger charge is -2.20. The standard InChI is InChI=1S/C20H30N6O2.HI/c1-15(13-28-18-9-10-27-14-18)23-20(21-11-17-7-5-4-6-8-17)22-12-19-25-24-16(2)26(19)3;/h4-8,15,18H,9-14H2,1-3H3,(H2,21,22,23);1H. The second kappa shape index (κ2) is 12.1. The Bertz CT molecular complexity index is 762. The Morgan fingerprint density at radius 1 is 1.34 bits per heavy atom. The largest absolute Gasteiger partial charge is 0.379 e. The molecule has 8 nitrogen and oxygen atoms in total. The molecule has 1 fully saturated rings. The first kappa shape index (κ1) is 23.6. The fraction of sp³-hybridized carbons (Fsp3) is 0.550. The van der Waals surface area contributed by atoms with E-state index in [1.807, 2.05) is 36.7 Å². The van der Waals surface area contributed by atoms with E-state index < -0.39 is 0 Å². The molecule has 3 rings (SSSR count). The Morgan fingerprint density at radius 3 is 2.79 bits per heavy atom. The van der Waals surface area contributed by atoms with Crippen molar-refractivity contribution < 1.29 is 9.47 Å². The zero-order chi connectivity index (χ0) is 19.8. The van der Waals surface area contributed by atoms with Crippen molar-refractivity contribution in [3.8, 4) is 0 Å². The number of ether oxygens (including phenoxy) is 2. The molecule has 1 aliphatic rings. The lowest BCUT2D eigenvalue weighted by molar-refractivity contribution is 0.0347.